The Balaban J connectivity index is 1.38. The fraction of sp³-hybridized carbons (Fsp3) is 0.714. The van der Waals surface area contributed by atoms with Crippen molar-refractivity contribution in [2.24, 2.45) is 17.8 Å². The zero-order valence-corrected chi connectivity index (χ0v) is 19.4. The summed E-state index contributed by atoms with van der Waals surface area (Å²) in [5.41, 5.74) is 2.67. The standard InChI is InChI=1S/C28H43FO/c1-3-5-6-7-22-10-15-25(16-11-22)26-17-12-23(13-18-26)8-9-24-14-19-28(27(29)21-24)30-20-4-2/h12,14,19,21-22,25-26H,3-11,13,15-18,20H2,1-2H3/t22-,25-,26?. The molecule has 1 unspecified atom stereocenters. The second kappa shape index (κ2) is 12.5. The van der Waals surface area contributed by atoms with Crippen LogP contribution in [0, 0.1) is 23.6 Å². The fourth-order valence-corrected chi connectivity index (χ4v) is 5.53. The van der Waals surface area contributed by atoms with Crippen LogP contribution in [-0.4, -0.2) is 6.61 Å². The smallest absolute Gasteiger partial charge is 0.165 e. The lowest BCUT2D eigenvalue weighted by atomic mass is 9.70. The maximum Gasteiger partial charge on any atom is 0.165 e. The van der Waals surface area contributed by atoms with Gasteiger partial charge < -0.3 is 4.74 Å². The van der Waals surface area contributed by atoms with E-state index in [1.54, 1.807) is 17.7 Å². The van der Waals surface area contributed by atoms with Crippen LogP contribution in [0.4, 0.5) is 4.39 Å². The van der Waals surface area contributed by atoms with Gasteiger partial charge in [-0.05, 0) is 86.8 Å². The second-order valence-electron chi connectivity index (χ2n) is 9.79. The Morgan fingerprint density at radius 3 is 2.43 bits per heavy atom. The van der Waals surface area contributed by atoms with Crippen molar-refractivity contribution >= 4 is 0 Å². The monoisotopic (exact) mass is 414 g/mol. The van der Waals surface area contributed by atoms with Gasteiger partial charge in [0.05, 0.1) is 6.61 Å². The number of aryl methyl sites for hydroxylation is 1. The molecule has 1 fully saturated rings. The molecule has 0 bridgehead atoms. The van der Waals surface area contributed by atoms with E-state index in [1.807, 2.05) is 13.0 Å². The third-order valence-corrected chi connectivity index (χ3v) is 7.51. The summed E-state index contributed by atoms with van der Waals surface area (Å²) < 4.78 is 19.6. The maximum atomic E-state index is 14.2. The van der Waals surface area contributed by atoms with Gasteiger partial charge in [0.25, 0.3) is 0 Å². The molecule has 1 nitrogen and oxygen atoms in total. The normalized spacial score (nSPS) is 24.5. The van der Waals surface area contributed by atoms with Gasteiger partial charge >= 0.3 is 0 Å². The molecule has 0 saturated heterocycles. The molecule has 0 aromatic heterocycles. The Morgan fingerprint density at radius 1 is 0.933 bits per heavy atom. The number of halogens is 1. The van der Waals surface area contributed by atoms with E-state index >= 15 is 0 Å². The molecule has 2 aliphatic carbocycles. The van der Waals surface area contributed by atoms with E-state index in [4.69, 9.17) is 4.74 Å². The lowest BCUT2D eigenvalue weighted by Crippen LogP contribution is -2.23. The molecule has 3 rings (SSSR count). The van der Waals surface area contributed by atoms with Gasteiger partial charge in [0.1, 0.15) is 0 Å². The minimum absolute atomic E-state index is 0.219. The summed E-state index contributed by atoms with van der Waals surface area (Å²) in [7, 11) is 0. The highest BCUT2D eigenvalue weighted by Gasteiger charge is 2.28. The van der Waals surface area contributed by atoms with E-state index in [-0.39, 0.29) is 5.82 Å². The summed E-state index contributed by atoms with van der Waals surface area (Å²) in [5, 5.41) is 0. The van der Waals surface area contributed by atoms with E-state index in [0.29, 0.717) is 12.4 Å². The van der Waals surface area contributed by atoms with Crippen LogP contribution in [0.2, 0.25) is 0 Å². The topological polar surface area (TPSA) is 9.23 Å². The van der Waals surface area contributed by atoms with Crippen molar-refractivity contribution in [3.8, 4) is 5.75 Å². The molecule has 0 aliphatic heterocycles. The summed E-state index contributed by atoms with van der Waals surface area (Å²) in [6.45, 7) is 4.92. The molecule has 0 radical (unpaired) electrons. The molecule has 168 valence electrons. The van der Waals surface area contributed by atoms with E-state index < -0.39 is 0 Å². The van der Waals surface area contributed by atoms with E-state index in [1.165, 1.54) is 70.6 Å². The van der Waals surface area contributed by atoms with Gasteiger partial charge in [-0.25, -0.2) is 4.39 Å². The quantitative estimate of drug-likeness (QED) is 0.260. The number of hydrogen-bond donors (Lipinski definition) is 0. The summed E-state index contributed by atoms with van der Waals surface area (Å²) in [5.74, 6) is 3.07. The summed E-state index contributed by atoms with van der Waals surface area (Å²) in [4.78, 5) is 0. The van der Waals surface area contributed by atoms with Crippen molar-refractivity contribution in [2.75, 3.05) is 6.61 Å². The molecule has 1 saturated carbocycles. The van der Waals surface area contributed by atoms with Crippen LogP contribution in [0.3, 0.4) is 0 Å². The number of allylic oxidation sites excluding steroid dienone is 2. The zero-order chi connectivity index (χ0) is 21.2. The highest BCUT2D eigenvalue weighted by atomic mass is 19.1. The second-order valence-corrected chi connectivity index (χ2v) is 9.79. The fourth-order valence-electron chi connectivity index (χ4n) is 5.53. The zero-order valence-electron chi connectivity index (χ0n) is 19.4. The Hall–Kier alpha value is -1.31. The summed E-state index contributed by atoms with van der Waals surface area (Å²) in [6, 6.07) is 5.49. The van der Waals surface area contributed by atoms with Crippen LogP contribution in [0.15, 0.2) is 29.8 Å². The Labute approximate surface area is 184 Å². The average molecular weight is 415 g/mol. The molecule has 0 heterocycles. The summed E-state index contributed by atoms with van der Waals surface area (Å²) >= 11 is 0. The van der Waals surface area contributed by atoms with Crippen LogP contribution in [0.25, 0.3) is 0 Å². The predicted octanol–water partition coefficient (Wildman–Crippen LogP) is 8.66. The lowest BCUT2D eigenvalue weighted by Gasteiger charge is -2.35. The number of benzene rings is 1. The van der Waals surface area contributed by atoms with Crippen LogP contribution in [-0.2, 0) is 6.42 Å². The van der Waals surface area contributed by atoms with Crippen LogP contribution < -0.4 is 4.74 Å². The van der Waals surface area contributed by atoms with Gasteiger partial charge in [-0.15, -0.1) is 0 Å². The van der Waals surface area contributed by atoms with Gasteiger partial charge in [0.15, 0.2) is 11.6 Å². The molecule has 2 aliphatic rings. The van der Waals surface area contributed by atoms with Crippen molar-refractivity contribution < 1.29 is 9.13 Å². The Bertz CT molecular complexity index is 657. The molecular formula is C28H43FO. The highest BCUT2D eigenvalue weighted by molar-refractivity contribution is 5.30. The van der Waals surface area contributed by atoms with Crippen LogP contribution >= 0.6 is 0 Å². The first kappa shape index (κ1) is 23.4. The minimum Gasteiger partial charge on any atom is -0.491 e. The van der Waals surface area contributed by atoms with Gasteiger partial charge in [0.2, 0.25) is 0 Å². The molecule has 2 heteroatoms. The number of ether oxygens (including phenoxy) is 1. The molecule has 1 atom stereocenters. The largest absolute Gasteiger partial charge is 0.491 e. The Kier molecular flexibility index (Phi) is 9.75. The van der Waals surface area contributed by atoms with E-state index in [0.717, 1.165) is 42.6 Å². The number of hydrogen-bond acceptors (Lipinski definition) is 1. The third-order valence-electron chi connectivity index (χ3n) is 7.51. The number of rotatable bonds is 11. The first-order chi connectivity index (χ1) is 14.7. The van der Waals surface area contributed by atoms with Gasteiger partial charge in [-0.1, -0.05) is 70.1 Å². The molecule has 30 heavy (non-hydrogen) atoms. The van der Waals surface area contributed by atoms with Crippen molar-refractivity contribution in [3.63, 3.8) is 0 Å². The van der Waals surface area contributed by atoms with Crippen molar-refractivity contribution in [1.82, 2.24) is 0 Å². The number of unbranched alkanes of at least 4 members (excludes halogenated alkanes) is 2. The van der Waals surface area contributed by atoms with E-state index in [9.17, 15) is 4.39 Å². The van der Waals surface area contributed by atoms with Crippen molar-refractivity contribution in [1.29, 1.82) is 0 Å². The van der Waals surface area contributed by atoms with Gasteiger partial charge in [0, 0.05) is 0 Å². The molecule has 0 spiro atoms. The molecule has 0 N–H and O–H groups in total. The third kappa shape index (κ3) is 7.13. The summed E-state index contributed by atoms with van der Waals surface area (Å²) in [6.07, 6.45) is 20.9. The van der Waals surface area contributed by atoms with Gasteiger partial charge in [-0.3, -0.25) is 0 Å². The minimum atomic E-state index is -0.219. The first-order valence-corrected chi connectivity index (χ1v) is 12.8. The molecule has 1 aromatic rings. The Morgan fingerprint density at radius 2 is 1.77 bits per heavy atom. The van der Waals surface area contributed by atoms with Gasteiger partial charge in [-0.2, -0.15) is 0 Å². The average Bonchev–Trinajstić information content (AvgIpc) is 2.78. The van der Waals surface area contributed by atoms with Crippen LogP contribution in [0.5, 0.6) is 5.75 Å². The first-order valence-electron chi connectivity index (χ1n) is 12.8. The van der Waals surface area contributed by atoms with Crippen molar-refractivity contribution in [3.05, 3.63) is 41.2 Å². The molecular weight excluding hydrogens is 371 g/mol. The van der Waals surface area contributed by atoms with Crippen molar-refractivity contribution in [2.45, 2.75) is 104 Å². The highest BCUT2D eigenvalue weighted by Crippen LogP contribution is 2.41. The molecule has 1 aromatic carbocycles. The predicted molar refractivity (Wildman–Crippen MR) is 126 cm³/mol. The SMILES string of the molecule is CCCCC[C@H]1CC[C@H](C2CC=C(CCc3ccc(OCCC)c(F)c3)CC2)CC1. The van der Waals surface area contributed by atoms with E-state index in [2.05, 4.69) is 13.0 Å². The van der Waals surface area contributed by atoms with Crippen LogP contribution in [0.1, 0.15) is 103 Å². The molecule has 0 amide bonds. The maximum absolute atomic E-state index is 14.2. The lowest BCUT2D eigenvalue weighted by molar-refractivity contribution is 0.185.